The molecule has 0 fully saturated rings. The molecule has 0 amide bonds. The lowest BCUT2D eigenvalue weighted by Crippen LogP contribution is -2.30. The van der Waals surface area contributed by atoms with E-state index in [2.05, 4.69) is 24.6 Å². The van der Waals surface area contributed by atoms with Crippen molar-refractivity contribution in [2.24, 2.45) is 0 Å². The predicted molar refractivity (Wildman–Crippen MR) is 52.3 cm³/mol. The summed E-state index contributed by atoms with van der Waals surface area (Å²) in [5.41, 5.74) is 0. The van der Waals surface area contributed by atoms with Crippen LogP contribution in [-0.2, 0) is 4.74 Å². The van der Waals surface area contributed by atoms with Crippen LogP contribution in [0.3, 0.4) is 0 Å². The Morgan fingerprint density at radius 2 is 2.23 bits per heavy atom. The third kappa shape index (κ3) is 3.41. The van der Waals surface area contributed by atoms with E-state index in [1.165, 1.54) is 10.9 Å². The highest BCUT2D eigenvalue weighted by Crippen LogP contribution is 2.01. The zero-order chi connectivity index (χ0) is 9.90. The van der Waals surface area contributed by atoms with Crippen molar-refractivity contribution < 1.29 is 9.53 Å². The van der Waals surface area contributed by atoms with Crippen LogP contribution in [0.4, 0.5) is 4.79 Å². The van der Waals surface area contributed by atoms with Crippen molar-refractivity contribution in [1.82, 2.24) is 9.55 Å². The number of hydrogen-bond acceptors (Lipinski definition) is 3. The van der Waals surface area contributed by atoms with Crippen molar-refractivity contribution in [2.45, 2.75) is 19.6 Å². The molecule has 0 aliphatic heterocycles. The van der Waals surface area contributed by atoms with Gasteiger partial charge in [-0.1, -0.05) is 19.6 Å². The Morgan fingerprint density at radius 1 is 1.54 bits per heavy atom. The molecule has 5 heteroatoms. The molecule has 0 atom stereocenters. The predicted octanol–water partition coefficient (Wildman–Crippen LogP) is 1.75. The fourth-order valence-electron chi connectivity index (χ4n) is 0.720. The Balaban J connectivity index is 2.44. The van der Waals surface area contributed by atoms with Crippen molar-refractivity contribution >= 4 is 14.2 Å². The second-order valence-electron chi connectivity index (χ2n) is 4.09. The van der Waals surface area contributed by atoms with Crippen LogP contribution >= 0.6 is 0 Å². The van der Waals surface area contributed by atoms with Crippen LogP contribution < -0.4 is 0 Å². The molecule has 1 heterocycles. The summed E-state index contributed by atoms with van der Waals surface area (Å²) in [5.74, 6) is 0. The average Bonchev–Trinajstić information content (AvgIpc) is 2.50. The van der Waals surface area contributed by atoms with Crippen molar-refractivity contribution in [3.63, 3.8) is 0 Å². The highest BCUT2D eigenvalue weighted by Gasteiger charge is 2.16. The normalized spacial score (nSPS) is 11.3. The Hall–Kier alpha value is -1.10. The number of aromatic nitrogens is 2. The van der Waals surface area contributed by atoms with Crippen LogP contribution in [0.15, 0.2) is 18.7 Å². The van der Waals surface area contributed by atoms with E-state index in [4.69, 9.17) is 4.74 Å². The first-order chi connectivity index (χ1) is 5.99. The van der Waals surface area contributed by atoms with Gasteiger partial charge in [-0.05, 0) is 0 Å². The van der Waals surface area contributed by atoms with Gasteiger partial charge >= 0.3 is 6.09 Å². The molecular weight excluding hydrogens is 184 g/mol. The van der Waals surface area contributed by atoms with Crippen molar-refractivity contribution in [2.75, 3.05) is 6.23 Å². The van der Waals surface area contributed by atoms with Gasteiger partial charge in [-0.25, -0.2) is 14.3 Å². The molecule has 1 aromatic heterocycles. The maximum atomic E-state index is 11.3. The van der Waals surface area contributed by atoms with Crippen LogP contribution in [0.25, 0.3) is 0 Å². The molecule has 0 bridgehead atoms. The highest BCUT2D eigenvalue weighted by atomic mass is 28.3. The summed E-state index contributed by atoms with van der Waals surface area (Å²) in [6, 6.07) is 0. The number of carbonyl (C=O) groups excluding carboxylic acids is 1. The van der Waals surface area contributed by atoms with E-state index in [0.29, 0.717) is 6.23 Å². The van der Waals surface area contributed by atoms with Crippen molar-refractivity contribution in [3.05, 3.63) is 18.7 Å². The first kappa shape index (κ1) is 9.98. The molecule has 0 aromatic carbocycles. The molecule has 1 rings (SSSR count). The molecule has 0 saturated heterocycles. The minimum atomic E-state index is -1.31. The molecular formula is C8H14N2O2Si. The number of hydrogen-bond donors (Lipinski definition) is 0. The second-order valence-corrected chi connectivity index (χ2v) is 9.50. The van der Waals surface area contributed by atoms with Crippen LogP contribution in [0.2, 0.25) is 19.6 Å². The standard InChI is InChI=1S/C8H14N2O2Si/c1-13(2,3)7-12-8(11)10-5-4-9-6-10/h4-6H,7H2,1-3H3. The smallest absolute Gasteiger partial charge is 0.418 e. The number of rotatable bonds is 2. The molecule has 72 valence electrons. The molecule has 1 aromatic rings. The summed E-state index contributed by atoms with van der Waals surface area (Å²) in [6.07, 6.45) is 4.76. The zero-order valence-electron chi connectivity index (χ0n) is 8.15. The summed E-state index contributed by atoms with van der Waals surface area (Å²) >= 11 is 0. The zero-order valence-corrected chi connectivity index (χ0v) is 9.15. The third-order valence-electron chi connectivity index (χ3n) is 1.34. The fourth-order valence-corrected chi connectivity index (χ4v) is 1.28. The summed E-state index contributed by atoms with van der Waals surface area (Å²) in [7, 11) is -1.31. The minimum Gasteiger partial charge on any atom is -0.453 e. The SMILES string of the molecule is C[Si](C)(C)COC(=O)n1ccnc1. The van der Waals surface area contributed by atoms with Crippen LogP contribution in [0.5, 0.6) is 0 Å². The van der Waals surface area contributed by atoms with E-state index in [9.17, 15) is 4.79 Å². The topological polar surface area (TPSA) is 44.1 Å². The number of imidazole rings is 1. The van der Waals surface area contributed by atoms with Gasteiger partial charge in [0.05, 0.1) is 14.3 Å². The molecule has 0 spiro atoms. The summed E-state index contributed by atoms with van der Waals surface area (Å²) in [4.78, 5) is 15.0. The Kier molecular flexibility index (Phi) is 2.87. The lowest BCUT2D eigenvalue weighted by Gasteiger charge is -2.15. The van der Waals surface area contributed by atoms with E-state index in [1.54, 1.807) is 12.4 Å². The maximum Gasteiger partial charge on any atom is 0.418 e. The largest absolute Gasteiger partial charge is 0.453 e. The molecule has 0 unspecified atom stereocenters. The first-order valence-corrected chi connectivity index (χ1v) is 7.85. The fraction of sp³-hybridized carbons (Fsp3) is 0.500. The quantitative estimate of drug-likeness (QED) is 0.680. The number of ether oxygens (including phenoxy) is 1. The molecule has 0 radical (unpaired) electrons. The third-order valence-corrected chi connectivity index (χ3v) is 2.35. The molecule has 0 saturated carbocycles. The molecule has 0 aliphatic carbocycles. The Labute approximate surface area is 78.6 Å². The van der Waals surface area contributed by atoms with Crippen molar-refractivity contribution in [3.8, 4) is 0 Å². The van der Waals surface area contributed by atoms with Crippen LogP contribution in [-0.4, -0.2) is 29.9 Å². The van der Waals surface area contributed by atoms with E-state index in [0.717, 1.165) is 0 Å². The van der Waals surface area contributed by atoms with Crippen molar-refractivity contribution in [1.29, 1.82) is 0 Å². The Morgan fingerprint density at radius 3 is 2.69 bits per heavy atom. The van der Waals surface area contributed by atoms with Gasteiger partial charge in [0.25, 0.3) is 0 Å². The first-order valence-electron chi connectivity index (χ1n) is 4.14. The molecule has 13 heavy (non-hydrogen) atoms. The molecule has 4 nitrogen and oxygen atoms in total. The van der Waals surface area contributed by atoms with E-state index < -0.39 is 8.07 Å². The maximum absolute atomic E-state index is 11.3. The van der Waals surface area contributed by atoms with Gasteiger partial charge in [0.2, 0.25) is 0 Å². The Bertz CT molecular complexity index is 277. The van der Waals surface area contributed by atoms with Crippen LogP contribution in [0, 0.1) is 0 Å². The second kappa shape index (κ2) is 3.74. The molecule has 0 aliphatic rings. The monoisotopic (exact) mass is 198 g/mol. The van der Waals surface area contributed by atoms with Gasteiger partial charge in [-0.15, -0.1) is 0 Å². The number of carbonyl (C=O) groups is 1. The molecule has 0 N–H and O–H groups in total. The summed E-state index contributed by atoms with van der Waals surface area (Å²) < 4.78 is 6.43. The minimum absolute atomic E-state index is 0.347. The van der Waals surface area contributed by atoms with Gasteiger partial charge in [0.15, 0.2) is 0 Å². The summed E-state index contributed by atoms with van der Waals surface area (Å²) in [6.45, 7) is 6.44. The average molecular weight is 198 g/mol. The van der Waals surface area contributed by atoms with Gasteiger partial charge in [0, 0.05) is 12.4 Å². The van der Waals surface area contributed by atoms with Gasteiger partial charge in [0.1, 0.15) is 6.33 Å². The van der Waals surface area contributed by atoms with Gasteiger partial charge in [-0.2, -0.15) is 0 Å². The highest BCUT2D eigenvalue weighted by molar-refractivity contribution is 6.76. The van der Waals surface area contributed by atoms with E-state index >= 15 is 0 Å². The lowest BCUT2D eigenvalue weighted by molar-refractivity contribution is 0.164. The number of nitrogens with zero attached hydrogens (tertiary/aromatic N) is 2. The van der Waals surface area contributed by atoms with Gasteiger partial charge in [-0.3, -0.25) is 0 Å². The summed E-state index contributed by atoms with van der Waals surface area (Å²) in [5, 5.41) is 0. The lowest BCUT2D eigenvalue weighted by atomic mass is 10.9. The van der Waals surface area contributed by atoms with E-state index in [-0.39, 0.29) is 6.09 Å². The van der Waals surface area contributed by atoms with Crippen LogP contribution in [0.1, 0.15) is 0 Å². The van der Waals surface area contributed by atoms with Gasteiger partial charge < -0.3 is 4.74 Å². The van der Waals surface area contributed by atoms with E-state index in [1.807, 2.05) is 0 Å².